The first-order valence-electron chi connectivity index (χ1n) is 5.15. The Morgan fingerprint density at radius 3 is 1.92 bits per heavy atom. The smallest absolute Gasteiger partial charge is 0.0938 e. The Balaban J connectivity index is 2.53. The summed E-state index contributed by atoms with van der Waals surface area (Å²) in [7, 11) is 0. The minimum atomic E-state index is -0.903. The molecule has 0 aromatic heterocycles. The van der Waals surface area contributed by atoms with Gasteiger partial charge >= 0.3 is 0 Å². The predicted octanol–water partition coefficient (Wildman–Crippen LogP) is 1.55. The van der Waals surface area contributed by atoms with Gasteiger partial charge in [0, 0.05) is 5.41 Å². The van der Waals surface area contributed by atoms with Crippen molar-refractivity contribution in [1.29, 1.82) is 0 Å². The fourth-order valence-corrected chi connectivity index (χ4v) is 3.71. The highest BCUT2D eigenvalue weighted by Crippen LogP contribution is 2.69. The quantitative estimate of drug-likeness (QED) is 0.599. The molecular formula is C11H20O2. The van der Waals surface area contributed by atoms with E-state index in [-0.39, 0.29) is 16.7 Å². The molecule has 4 atom stereocenters. The summed E-state index contributed by atoms with van der Waals surface area (Å²) in [6.45, 7) is 8.26. The summed E-state index contributed by atoms with van der Waals surface area (Å²) in [5, 5.41) is 20.3. The van der Waals surface area contributed by atoms with Gasteiger partial charge < -0.3 is 10.2 Å². The van der Waals surface area contributed by atoms with Gasteiger partial charge in [0.15, 0.2) is 0 Å². The minimum Gasteiger partial charge on any atom is -0.390 e. The molecule has 0 spiro atoms. The van der Waals surface area contributed by atoms with Crippen LogP contribution in [0.3, 0.4) is 0 Å². The molecule has 0 aliphatic heterocycles. The van der Waals surface area contributed by atoms with E-state index in [0.717, 1.165) is 12.8 Å². The fourth-order valence-electron chi connectivity index (χ4n) is 3.71. The molecule has 0 unspecified atom stereocenters. The van der Waals surface area contributed by atoms with Crippen LogP contribution in [0.5, 0.6) is 0 Å². The maximum absolute atomic E-state index is 10.3. The van der Waals surface area contributed by atoms with Crippen LogP contribution in [-0.4, -0.2) is 21.9 Å². The molecule has 2 nitrogen and oxygen atoms in total. The Hall–Kier alpha value is -0.0800. The normalized spacial score (nSPS) is 58.6. The van der Waals surface area contributed by atoms with Gasteiger partial charge in [-0.15, -0.1) is 0 Å². The van der Waals surface area contributed by atoms with E-state index in [2.05, 4.69) is 20.8 Å². The highest BCUT2D eigenvalue weighted by molar-refractivity contribution is 5.20. The summed E-state index contributed by atoms with van der Waals surface area (Å²) in [6.07, 6.45) is 1.55. The second-order valence-electron chi connectivity index (χ2n) is 5.79. The van der Waals surface area contributed by atoms with Crippen LogP contribution in [0.15, 0.2) is 0 Å². The molecule has 2 N–H and O–H groups in total. The van der Waals surface area contributed by atoms with Crippen LogP contribution in [0.1, 0.15) is 40.5 Å². The lowest BCUT2D eigenvalue weighted by Gasteiger charge is -2.44. The Kier molecular flexibility index (Phi) is 1.54. The number of aliphatic hydroxyl groups excluding tert-OH is 1. The molecule has 2 saturated carbocycles. The van der Waals surface area contributed by atoms with Crippen molar-refractivity contribution in [2.24, 2.45) is 16.7 Å². The molecule has 2 aliphatic rings. The zero-order chi connectivity index (χ0) is 10.1. The Morgan fingerprint density at radius 1 is 1.15 bits per heavy atom. The molecule has 0 aromatic carbocycles. The molecule has 2 bridgehead atoms. The van der Waals surface area contributed by atoms with Crippen molar-refractivity contribution >= 4 is 0 Å². The van der Waals surface area contributed by atoms with E-state index in [1.54, 1.807) is 6.92 Å². The third kappa shape index (κ3) is 0.736. The summed E-state index contributed by atoms with van der Waals surface area (Å²) in [4.78, 5) is 0. The van der Waals surface area contributed by atoms with Gasteiger partial charge in [-0.05, 0) is 31.1 Å². The van der Waals surface area contributed by atoms with Crippen molar-refractivity contribution in [1.82, 2.24) is 0 Å². The first-order valence-corrected chi connectivity index (χ1v) is 5.15. The van der Waals surface area contributed by atoms with Crippen LogP contribution in [0.2, 0.25) is 0 Å². The van der Waals surface area contributed by atoms with E-state index < -0.39 is 11.7 Å². The maximum atomic E-state index is 10.3. The molecule has 13 heavy (non-hydrogen) atoms. The van der Waals surface area contributed by atoms with Gasteiger partial charge in [0.05, 0.1) is 11.7 Å². The first-order chi connectivity index (χ1) is 5.75. The van der Waals surface area contributed by atoms with E-state index in [4.69, 9.17) is 0 Å². The van der Waals surface area contributed by atoms with Crippen molar-refractivity contribution in [2.45, 2.75) is 52.2 Å². The number of hydrogen-bond acceptors (Lipinski definition) is 2. The second-order valence-corrected chi connectivity index (χ2v) is 5.79. The molecule has 2 fully saturated rings. The Morgan fingerprint density at radius 2 is 1.69 bits per heavy atom. The van der Waals surface area contributed by atoms with Gasteiger partial charge in [-0.25, -0.2) is 0 Å². The molecule has 2 aliphatic carbocycles. The van der Waals surface area contributed by atoms with Crippen LogP contribution in [0.4, 0.5) is 0 Å². The van der Waals surface area contributed by atoms with E-state index in [0.29, 0.717) is 0 Å². The van der Waals surface area contributed by atoms with Crippen LogP contribution < -0.4 is 0 Å². The molecule has 0 aromatic rings. The van der Waals surface area contributed by atoms with Gasteiger partial charge in [-0.3, -0.25) is 0 Å². The molecular weight excluding hydrogens is 164 g/mol. The molecule has 0 amide bonds. The lowest BCUT2D eigenvalue weighted by Crippen LogP contribution is -2.51. The van der Waals surface area contributed by atoms with Gasteiger partial charge in [0.2, 0.25) is 0 Å². The molecule has 0 heterocycles. The van der Waals surface area contributed by atoms with E-state index in [1.165, 1.54) is 0 Å². The van der Waals surface area contributed by atoms with Crippen LogP contribution in [0, 0.1) is 16.7 Å². The average Bonchev–Trinajstić information content (AvgIpc) is 2.26. The summed E-state index contributed by atoms with van der Waals surface area (Å²) in [5.41, 5.74) is -0.959. The summed E-state index contributed by atoms with van der Waals surface area (Å²) < 4.78 is 0. The number of hydrogen-bond donors (Lipinski definition) is 2. The van der Waals surface area contributed by atoms with Crippen molar-refractivity contribution in [3.05, 3.63) is 0 Å². The summed E-state index contributed by atoms with van der Waals surface area (Å²) in [6, 6.07) is 0. The standard InChI is InChI=1S/C11H20O2/c1-9(2)7-5-6-10(9,3)11(4,13)8(7)12/h7-8,12-13H,5-6H2,1-4H3/t7-,8-,10+,11-/m1/s1. The highest BCUT2D eigenvalue weighted by Gasteiger charge is 2.71. The molecule has 2 rings (SSSR count). The predicted molar refractivity (Wildman–Crippen MR) is 51.2 cm³/mol. The SMILES string of the molecule is CC1(C)[C@@H]2CC[C@]1(C)[C@](C)(O)[C@@H]2O. The topological polar surface area (TPSA) is 40.5 Å². The van der Waals surface area contributed by atoms with E-state index >= 15 is 0 Å². The average molecular weight is 184 g/mol. The number of fused-ring (bicyclic) bond motifs is 2. The van der Waals surface area contributed by atoms with Crippen LogP contribution in [-0.2, 0) is 0 Å². The van der Waals surface area contributed by atoms with Crippen molar-refractivity contribution in [3.63, 3.8) is 0 Å². The van der Waals surface area contributed by atoms with Crippen molar-refractivity contribution in [2.75, 3.05) is 0 Å². The minimum absolute atomic E-state index is 0.0654. The van der Waals surface area contributed by atoms with Gasteiger partial charge in [0.1, 0.15) is 0 Å². The lowest BCUT2D eigenvalue weighted by molar-refractivity contribution is -0.134. The number of aliphatic hydroxyl groups is 2. The monoisotopic (exact) mass is 184 g/mol. The maximum Gasteiger partial charge on any atom is 0.0938 e. The van der Waals surface area contributed by atoms with Gasteiger partial charge in [0.25, 0.3) is 0 Å². The molecule has 2 heteroatoms. The summed E-state index contributed by atoms with van der Waals surface area (Å²) >= 11 is 0. The first kappa shape index (κ1) is 9.47. The molecule has 76 valence electrons. The highest BCUT2D eigenvalue weighted by atomic mass is 16.3. The fraction of sp³-hybridized carbons (Fsp3) is 1.00. The Labute approximate surface area is 80.0 Å². The zero-order valence-corrected chi connectivity index (χ0v) is 8.96. The largest absolute Gasteiger partial charge is 0.390 e. The number of rotatable bonds is 0. The van der Waals surface area contributed by atoms with E-state index in [9.17, 15) is 10.2 Å². The van der Waals surface area contributed by atoms with Crippen LogP contribution >= 0.6 is 0 Å². The van der Waals surface area contributed by atoms with Crippen molar-refractivity contribution < 1.29 is 10.2 Å². The van der Waals surface area contributed by atoms with Gasteiger partial charge in [-0.2, -0.15) is 0 Å². The lowest BCUT2D eigenvalue weighted by atomic mass is 9.65. The summed E-state index contributed by atoms with van der Waals surface area (Å²) in [5.74, 6) is 0.271. The van der Waals surface area contributed by atoms with E-state index in [1.807, 2.05) is 0 Å². The van der Waals surface area contributed by atoms with Gasteiger partial charge in [-0.1, -0.05) is 20.8 Å². The van der Waals surface area contributed by atoms with Crippen molar-refractivity contribution in [3.8, 4) is 0 Å². The molecule has 0 radical (unpaired) electrons. The third-order valence-electron chi connectivity index (χ3n) is 5.38. The zero-order valence-electron chi connectivity index (χ0n) is 8.96. The second kappa shape index (κ2) is 2.12. The Bertz CT molecular complexity index is 234. The van der Waals surface area contributed by atoms with Crippen LogP contribution in [0.25, 0.3) is 0 Å². The third-order valence-corrected chi connectivity index (χ3v) is 5.38. The molecule has 0 saturated heterocycles.